The van der Waals surface area contributed by atoms with E-state index in [0.29, 0.717) is 31.4 Å². The molecular formula is C20H15Cl4NO2. The van der Waals surface area contributed by atoms with E-state index in [1.165, 1.54) is 0 Å². The molecule has 0 unspecified atom stereocenters. The number of Topliss-reactive ketones (excluding diaryl/α,β-unsaturated/α-hetero) is 1. The number of ether oxygens (including phenoxy) is 1. The number of aryl methyl sites for hydroxylation is 1. The van der Waals surface area contributed by atoms with Crippen LogP contribution in [0.3, 0.4) is 0 Å². The molecule has 3 rings (SSSR count). The van der Waals surface area contributed by atoms with Crippen molar-refractivity contribution < 1.29 is 9.53 Å². The van der Waals surface area contributed by atoms with Gasteiger partial charge >= 0.3 is 0 Å². The number of hydrogen-bond acceptors (Lipinski definition) is 2. The van der Waals surface area contributed by atoms with Gasteiger partial charge in [-0.3, -0.25) is 4.79 Å². The Morgan fingerprint density at radius 1 is 0.926 bits per heavy atom. The Balaban J connectivity index is 1.84. The summed E-state index contributed by atoms with van der Waals surface area (Å²) in [6, 6.07) is 12.0. The first-order valence-corrected chi connectivity index (χ1v) is 9.54. The normalized spacial score (nSPS) is 10.9. The molecule has 140 valence electrons. The largest absolute Gasteiger partial charge is 0.484 e. The highest BCUT2D eigenvalue weighted by Crippen LogP contribution is 2.29. The lowest BCUT2D eigenvalue weighted by atomic mass is 10.1. The van der Waals surface area contributed by atoms with E-state index in [-0.39, 0.29) is 12.4 Å². The first-order chi connectivity index (χ1) is 12.8. The van der Waals surface area contributed by atoms with Gasteiger partial charge in [0.05, 0.1) is 15.1 Å². The van der Waals surface area contributed by atoms with Gasteiger partial charge < -0.3 is 9.30 Å². The van der Waals surface area contributed by atoms with Gasteiger partial charge in [-0.1, -0.05) is 46.4 Å². The molecule has 27 heavy (non-hydrogen) atoms. The SMILES string of the molecule is Cc1cc(C(=O)COc2ccc(Cl)cc2Cl)c(C)n1-c1ccc(Cl)c(Cl)c1. The van der Waals surface area contributed by atoms with Crippen LogP contribution in [0.2, 0.25) is 20.1 Å². The molecule has 0 bridgehead atoms. The van der Waals surface area contributed by atoms with E-state index in [1.54, 1.807) is 30.3 Å². The van der Waals surface area contributed by atoms with E-state index >= 15 is 0 Å². The Bertz CT molecular complexity index is 1030. The van der Waals surface area contributed by atoms with Crippen molar-refractivity contribution in [1.82, 2.24) is 4.57 Å². The van der Waals surface area contributed by atoms with Crippen LogP contribution >= 0.6 is 46.4 Å². The predicted molar refractivity (Wildman–Crippen MR) is 112 cm³/mol. The van der Waals surface area contributed by atoms with E-state index in [2.05, 4.69) is 0 Å². The van der Waals surface area contributed by atoms with Crippen LogP contribution in [-0.4, -0.2) is 17.0 Å². The molecule has 0 aliphatic carbocycles. The van der Waals surface area contributed by atoms with Gasteiger partial charge in [0.25, 0.3) is 0 Å². The molecule has 3 nitrogen and oxygen atoms in total. The smallest absolute Gasteiger partial charge is 0.202 e. The van der Waals surface area contributed by atoms with Crippen molar-refractivity contribution in [3.05, 3.63) is 79.5 Å². The third kappa shape index (κ3) is 4.27. The molecule has 0 atom stereocenters. The third-order valence-electron chi connectivity index (χ3n) is 4.15. The zero-order valence-electron chi connectivity index (χ0n) is 14.5. The Kier molecular flexibility index (Phi) is 6.07. The van der Waals surface area contributed by atoms with Crippen LogP contribution in [0.15, 0.2) is 42.5 Å². The summed E-state index contributed by atoms with van der Waals surface area (Å²) >= 11 is 24.1. The van der Waals surface area contributed by atoms with Gasteiger partial charge in [0.2, 0.25) is 5.78 Å². The number of carbonyl (C=O) groups is 1. The molecule has 0 N–H and O–H groups in total. The number of carbonyl (C=O) groups excluding carboxylic acids is 1. The average molecular weight is 443 g/mol. The Morgan fingerprint density at radius 2 is 1.67 bits per heavy atom. The molecule has 1 aromatic heterocycles. The highest BCUT2D eigenvalue weighted by molar-refractivity contribution is 6.42. The summed E-state index contributed by atoms with van der Waals surface area (Å²) in [6.45, 7) is 3.66. The highest BCUT2D eigenvalue weighted by Gasteiger charge is 2.18. The molecule has 0 spiro atoms. The van der Waals surface area contributed by atoms with Crippen molar-refractivity contribution in [2.24, 2.45) is 0 Å². The monoisotopic (exact) mass is 441 g/mol. The first kappa shape index (κ1) is 20.1. The number of nitrogens with zero attached hydrogens (tertiary/aromatic N) is 1. The van der Waals surface area contributed by atoms with Crippen molar-refractivity contribution in [2.45, 2.75) is 13.8 Å². The summed E-state index contributed by atoms with van der Waals surface area (Å²) in [6.07, 6.45) is 0. The summed E-state index contributed by atoms with van der Waals surface area (Å²) in [5, 5.41) is 1.79. The molecule has 7 heteroatoms. The topological polar surface area (TPSA) is 31.2 Å². The second-order valence-corrected chi connectivity index (χ2v) is 7.66. The number of ketones is 1. The zero-order valence-corrected chi connectivity index (χ0v) is 17.5. The molecule has 3 aromatic rings. The van der Waals surface area contributed by atoms with Crippen molar-refractivity contribution >= 4 is 52.2 Å². The minimum Gasteiger partial charge on any atom is -0.484 e. The number of aromatic nitrogens is 1. The fourth-order valence-electron chi connectivity index (χ4n) is 2.88. The van der Waals surface area contributed by atoms with E-state index in [1.807, 2.05) is 30.5 Å². The van der Waals surface area contributed by atoms with Gasteiger partial charge in [0.1, 0.15) is 5.75 Å². The lowest BCUT2D eigenvalue weighted by molar-refractivity contribution is 0.0921. The van der Waals surface area contributed by atoms with Crippen LogP contribution in [0.1, 0.15) is 21.7 Å². The lowest BCUT2D eigenvalue weighted by Crippen LogP contribution is -2.13. The maximum atomic E-state index is 12.7. The fourth-order valence-corrected chi connectivity index (χ4v) is 3.64. The summed E-state index contributed by atoms with van der Waals surface area (Å²) in [4.78, 5) is 12.7. The van der Waals surface area contributed by atoms with Gasteiger partial charge in [-0.15, -0.1) is 0 Å². The number of benzene rings is 2. The quantitative estimate of drug-likeness (QED) is 0.399. The van der Waals surface area contributed by atoms with Crippen LogP contribution in [0.25, 0.3) is 5.69 Å². The van der Waals surface area contributed by atoms with Crippen molar-refractivity contribution in [1.29, 1.82) is 0 Å². The van der Waals surface area contributed by atoms with E-state index in [0.717, 1.165) is 17.1 Å². The molecule has 0 saturated heterocycles. The average Bonchev–Trinajstić information content (AvgIpc) is 2.91. The zero-order chi connectivity index (χ0) is 19.7. The van der Waals surface area contributed by atoms with E-state index in [4.69, 9.17) is 51.1 Å². The van der Waals surface area contributed by atoms with Crippen molar-refractivity contribution in [3.63, 3.8) is 0 Å². The Labute approximate surface area is 177 Å². The van der Waals surface area contributed by atoms with Crippen LogP contribution in [-0.2, 0) is 0 Å². The van der Waals surface area contributed by atoms with E-state index < -0.39 is 0 Å². The molecule has 1 heterocycles. The molecule has 0 amide bonds. The lowest BCUT2D eigenvalue weighted by Gasteiger charge is -2.11. The fraction of sp³-hybridized carbons (Fsp3) is 0.150. The van der Waals surface area contributed by atoms with Crippen molar-refractivity contribution in [2.75, 3.05) is 6.61 Å². The molecule has 0 saturated carbocycles. The second-order valence-electron chi connectivity index (χ2n) is 6.01. The second kappa shape index (κ2) is 8.15. The maximum Gasteiger partial charge on any atom is 0.202 e. The molecule has 0 aliphatic rings. The third-order valence-corrected chi connectivity index (χ3v) is 5.42. The van der Waals surface area contributed by atoms with Crippen LogP contribution < -0.4 is 4.74 Å². The van der Waals surface area contributed by atoms with Crippen LogP contribution in [0.4, 0.5) is 0 Å². The minimum absolute atomic E-state index is 0.132. The molecular weight excluding hydrogens is 428 g/mol. The summed E-state index contributed by atoms with van der Waals surface area (Å²) in [7, 11) is 0. The van der Waals surface area contributed by atoms with Crippen LogP contribution in [0, 0.1) is 13.8 Å². The molecule has 0 fully saturated rings. The number of rotatable bonds is 5. The molecule has 0 radical (unpaired) electrons. The van der Waals surface area contributed by atoms with E-state index in [9.17, 15) is 4.79 Å². The van der Waals surface area contributed by atoms with Crippen LogP contribution in [0.5, 0.6) is 5.75 Å². The maximum absolute atomic E-state index is 12.7. The summed E-state index contributed by atoms with van der Waals surface area (Å²) < 4.78 is 7.51. The highest BCUT2D eigenvalue weighted by atomic mass is 35.5. The Morgan fingerprint density at radius 3 is 2.33 bits per heavy atom. The minimum atomic E-state index is -0.152. The van der Waals surface area contributed by atoms with Gasteiger partial charge in [-0.05, 0) is 56.3 Å². The van der Waals surface area contributed by atoms with Gasteiger partial charge in [0.15, 0.2) is 6.61 Å². The van der Waals surface area contributed by atoms with Gasteiger partial charge in [-0.2, -0.15) is 0 Å². The molecule has 0 aliphatic heterocycles. The van der Waals surface area contributed by atoms with Crippen molar-refractivity contribution in [3.8, 4) is 11.4 Å². The molecule has 2 aromatic carbocycles. The summed E-state index contributed by atoms with van der Waals surface area (Å²) in [5.41, 5.74) is 3.10. The standard InChI is InChI=1S/C20H15Cl4NO2/c1-11-7-15(12(2)25(11)14-4-5-16(22)17(23)9-14)19(26)10-27-20-6-3-13(21)8-18(20)24/h3-9H,10H2,1-2H3. The van der Waals surface area contributed by atoms with Gasteiger partial charge in [0, 0.05) is 27.7 Å². The van der Waals surface area contributed by atoms with Gasteiger partial charge in [-0.25, -0.2) is 0 Å². The first-order valence-electron chi connectivity index (χ1n) is 8.03. The predicted octanol–water partition coefficient (Wildman–Crippen LogP) is 6.97. The summed E-state index contributed by atoms with van der Waals surface area (Å²) in [5.74, 6) is 0.258. The number of halogens is 4. The Hall–Kier alpha value is -1.65. The number of hydrogen-bond donors (Lipinski definition) is 0.